The number of carbonyl (C=O) groups excluding carboxylic acids is 1. The molecular weight excluding hydrogens is 258 g/mol. The van der Waals surface area contributed by atoms with Crippen molar-refractivity contribution >= 4 is 16.0 Å². The molecule has 1 rings (SSSR count). The van der Waals surface area contributed by atoms with Gasteiger partial charge in [0.2, 0.25) is 10.0 Å². The van der Waals surface area contributed by atoms with Gasteiger partial charge in [0.25, 0.3) is 0 Å². The Hall–Kier alpha value is -0.660. The summed E-state index contributed by atoms with van der Waals surface area (Å²) in [7, 11) is -2.27. The van der Waals surface area contributed by atoms with Crippen LogP contribution in [0.25, 0.3) is 0 Å². The fourth-order valence-electron chi connectivity index (χ4n) is 2.27. The van der Waals surface area contributed by atoms with Gasteiger partial charge in [-0.25, -0.2) is 8.42 Å². The molecule has 0 bridgehead atoms. The van der Waals surface area contributed by atoms with Crippen LogP contribution in [0.1, 0.15) is 32.1 Å². The minimum absolute atomic E-state index is 0.0280. The first-order chi connectivity index (χ1) is 8.51. The number of nitrogens with zero attached hydrogens (tertiary/aromatic N) is 1. The van der Waals surface area contributed by atoms with Crippen LogP contribution < -0.4 is 0 Å². The number of aliphatic hydroxyl groups is 1. The first-order valence-corrected chi connectivity index (χ1v) is 7.79. The lowest BCUT2D eigenvalue weighted by Gasteiger charge is -2.27. The van der Waals surface area contributed by atoms with Gasteiger partial charge in [-0.1, -0.05) is 12.8 Å². The van der Waals surface area contributed by atoms with Crippen molar-refractivity contribution in [2.24, 2.45) is 0 Å². The molecule has 0 atom stereocenters. The molecule has 1 fully saturated rings. The van der Waals surface area contributed by atoms with Gasteiger partial charge in [0.1, 0.15) is 0 Å². The topological polar surface area (TPSA) is 83.9 Å². The summed E-state index contributed by atoms with van der Waals surface area (Å²) in [6.45, 7) is -0.0951. The molecule has 106 valence electrons. The van der Waals surface area contributed by atoms with Crippen LogP contribution in [0.15, 0.2) is 0 Å². The average Bonchev–Trinajstić information content (AvgIpc) is 2.86. The monoisotopic (exact) mass is 279 g/mol. The van der Waals surface area contributed by atoms with Gasteiger partial charge in [0, 0.05) is 12.6 Å². The smallest absolute Gasteiger partial charge is 0.306 e. The summed E-state index contributed by atoms with van der Waals surface area (Å²) in [5, 5.41) is 8.99. The van der Waals surface area contributed by atoms with E-state index in [-0.39, 0.29) is 31.4 Å². The molecule has 0 saturated heterocycles. The molecule has 1 N–H and O–H groups in total. The second kappa shape index (κ2) is 7.06. The van der Waals surface area contributed by atoms with Crippen molar-refractivity contribution < 1.29 is 23.1 Å². The van der Waals surface area contributed by atoms with Crippen LogP contribution in [0.2, 0.25) is 0 Å². The second-order valence-electron chi connectivity index (χ2n) is 4.41. The molecule has 0 spiro atoms. The van der Waals surface area contributed by atoms with Crippen molar-refractivity contribution in [1.29, 1.82) is 0 Å². The zero-order valence-corrected chi connectivity index (χ0v) is 11.5. The molecule has 0 unspecified atom stereocenters. The van der Waals surface area contributed by atoms with Crippen molar-refractivity contribution in [3.8, 4) is 0 Å². The average molecular weight is 279 g/mol. The Balaban J connectivity index is 2.67. The highest BCUT2D eigenvalue weighted by atomic mass is 32.2. The van der Waals surface area contributed by atoms with E-state index in [9.17, 15) is 13.2 Å². The molecule has 0 heterocycles. The molecule has 1 aliphatic carbocycles. The molecule has 0 aromatic rings. The lowest BCUT2D eigenvalue weighted by molar-refractivity contribution is -0.140. The van der Waals surface area contributed by atoms with E-state index in [1.165, 1.54) is 11.4 Å². The van der Waals surface area contributed by atoms with Gasteiger partial charge in [-0.3, -0.25) is 4.79 Å². The number of hydrogen-bond acceptors (Lipinski definition) is 5. The first kappa shape index (κ1) is 15.4. The Morgan fingerprint density at radius 2 is 2.00 bits per heavy atom. The molecule has 0 aromatic heterocycles. The van der Waals surface area contributed by atoms with Gasteiger partial charge < -0.3 is 9.84 Å². The quantitative estimate of drug-likeness (QED) is 0.669. The number of rotatable bonds is 7. The standard InChI is InChI=1S/C11H21NO5S/c1-17-11(14)6-9-18(15,16)12(7-8-13)10-4-2-3-5-10/h10,13H,2-9H2,1H3. The fourth-order valence-corrected chi connectivity index (χ4v) is 3.96. The predicted molar refractivity (Wildman–Crippen MR) is 66.5 cm³/mol. The highest BCUT2D eigenvalue weighted by Crippen LogP contribution is 2.25. The van der Waals surface area contributed by atoms with Gasteiger partial charge >= 0.3 is 5.97 Å². The maximum Gasteiger partial charge on any atom is 0.306 e. The number of ether oxygens (including phenoxy) is 1. The Morgan fingerprint density at radius 1 is 1.39 bits per heavy atom. The molecule has 18 heavy (non-hydrogen) atoms. The molecule has 7 heteroatoms. The summed E-state index contributed by atoms with van der Waals surface area (Å²) in [5.41, 5.74) is 0. The maximum atomic E-state index is 12.1. The minimum Gasteiger partial charge on any atom is -0.469 e. The van der Waals surface area contributed by atoms with Crippen molar-refractivity contribution in [3.63, 3.8) is 0 Å². The summed E-state index contributed by atoms with van der Waals surface area (Å²) in [4.78, 5) is 11.0. The number of carbonyl (C=O) groups is 1. The van der Waals surface area contributed by atoms with E-state index in [0.717, 1.165) is 25.7 Å². The van der Waals surface area contributed by atoms with Crippen molar-refractivity contribution in [3.05, 3.63) is 0 Å². The van der Waals surface area contributed by atoms with Crippen LogP contribution in [0.4, 0.5) is 0 Å². The van der Waals surface area contributed by atoms with Crippen LogP contribution >= 0.6 is 0 Å². The molecule has 1 aliphatic rings. The molecule has 6 nitrogen and oxygen atoms in total. The predicted octanol–water partition coefficient (Wildman–Crippen LogP) is 0.116. The van der Waals surface area contributed by atoms with E-state index in [0.29, 0.717) is 0 Å². The molecular formula is C11H21NO5S. The number of methoxy groups -OCH3 is 1. The minimum atomic E-state index is -3.50. The Bertz CT molecular complexity index is 362. The van der Waals surface area contributed by atoms with Gasteiger partial charge in [-0.2, -0.15) is 4.31 Å². The van der Waals surface area contributed by atoms with E-state index in [1.807, 2.05) is 0 Å². The van der Waals surface area contributed by atoms with E-state index in [4.69, 9.17) is 5.11 Å². The number of hydrogen-bond donors (Lipinski definition) is 1. The van der Waals surface area contributed by atoms with Gasteiger partial charge in [0.05, 0.1) is 25.9 Å². The Labute approximate surface area is 108 Å². The van der Waals surface area contributed by atoms with E-state index < -0.39 is 16.0 Å². The van der Waals surface area contributed by atoms with Gasteiger partial charge in [-0.05, 0) is 12.8 Å². The molecule has 1 saturated carbocycles. The second-order valence-corrected chi connectivity index (χ2v) is 6.46. The largest absolute Gasteiger partial charge is 0.469 e. The highest BCUT2D eigenvalue weighted by Gasteiger charge is 2.31. The van der Waals surface area contributed by atoms with Crippen LogP contribution in [0.3, 0.4) is 0 Å². The fraction of sp³-hybridized carbons (Fsp3) is 0.909. The zero-order valence-electron chi connectivity index (χ0n) is 10.7. The Kier molecular flexibility index (Phi) is 6.04. The Morgan fingerprint density at radius 3 is 2.50 bits per heavy atom. The molecule has 0 aliphatic heterocycles. The molecule has 0 amide bonds. The summed E-state index contributed by atoms with van der Waals surface area (Å²) in [5.74, 6) is -0.787. The number of esters is 1. The summed E-state index contributed by atoms with van der Waals surface area (Å²) in [6.07, 6.45) is 3.54. The van der Waals surface area contributed by atoms with E-state index in [2.05, 4.69) is 4.74 Å². The maximum absolute atomic E-state index is 12.1. The van der Waals surface area contributed by atoms with Crippen molar-refractivity contribution in [1.82, 2.24) is 4.31 Å². The van der Waals surface area contributed by atoms with E-state index >= 15 is 0 Å². The summed E-state index contributed by atoms with van der Waals surface area (Å²) in [6, 6.07) is -0.0280. The van der Waals surface area contributed by atoms with Crippen molar-refractivity contribution in [2.75, 3.05) is 26.0 Å². The van der Waals surface area contributed by atoms with Crippen LogP contribution in [-0.2, 0) is 19.6 Å². The summed E-state index contributed by atoms with van der Waals surface area (Å²) >= 11 is 0. The number of aliphatic hydroxyl groups excluding tert-OH is 1. The highest BCUT2D eigenvalue weighted by molar-refractivity contribution is 7.89. The third-order valence-corrected chi connectivity index (χ3v) is 5.12. The molecule has 0 aromatic carbocycles. The van der Waals surface area contributed by atoms with Crippen molar-refractivity contribution in [2.45, 2.75) is 38.1 Å². The summed E-state index contributed by atoms with van der Waals surface area (Å²) < 4.78 is 30.1. The van der Waals surface area contributed by atoms with Crippen LogP contribution in [0.5, 0.6) is 0 Å². The van der Waals surface area contributed by atoms with Gasteiger partial charge in [-0.15, -0.1) is 0 Å². The first-order valence-electron chi connectivity index (χ1n) is 6.18. The lowest BCUT2D eigenvalue weighted by Crippen LogP contribution is -2.42. The SMILES string of the molecule is COC(=O)CCS(=O)(=O)N(CCO)C1CCCC1. The zero-order chi connectivity index (χ0) is 13.6. The van der Waals surface area contributed by atoms with Crippen LogP contribution in [-0.4, -0.2) is 55.9 Å². The van der Waals surface area contributed by atoms with E-state index in [1.54, 1.807) is 0 Å². The molecule has 0 radical (unpaired) electrons. The normalized spacial score (nSPS) is 17.3. The number of sulfonamides is 1. The van der Waals surface area contributed by atoms with Crippen LogP contribution in [0, 0.1) is 0 Å². The van der Waals surface area contributed by atoms with Gasteiger partial charge in [0.15, 0.2) is 0 Å². The third kappa shape index (κ3) is 4.22. The lowest BCUT2D eigenvalue weighted by atomic mass is 10.2. The third-order valence-electron chi connectivity index (χ3n) is 3.20.